The number of carbonyl (C=O) groups excluding carboxylic acids is 1. The Balaban J connectivity index is 2.27. The number of rotatable bonds is 5. The second kappa shape index (κ2) is 6.86. The van der Waals surface area contributed by atoms with E-state index in [9.17, 15) is 4.79 Å². The third-order valence-electron chi connectivity index (χ3n) is 3.11. The maximum atomic E-state index is 11.7. The third kappa shape index (κ3) is 4.49. The van der Waals surface area contributed by atoms with E-state index < -0.39 is 0 Å². The van der Waals surface area contributed by atoms with Crippen LogP contribution in [0.1, 0.15) is 33.1 Å². The summed E-state index contributed by atoms with van der Waals surface area (Å²) >= 11 is 0. The van der Waals surface area contributed by atoms with Gasteiger partial charge in [-0.05, 0) is 33.2 Å². The number of ether oxygens (including phenoxy) is 1. The van der Waals surface area contributed by atoms with Gasteiger partial charge in [-0.25, -0.2) is 0 Å². The number of hydrogen-bond acceptors (Lipinski definition) is 3. The van der Waals surface area contributed by atoms with Crippen LogP contribution in [0.25, 0.3) is 0 Å². The Kier molecular flexibility index (Phi) is 5.77. The molecule has 0 spiro atoms. The first-order valence-corrected chi connectivity index (χ1v) is 6.16. The summed E-state index contributed by atoms with van der Waals surface area (Å²) in [5, 5.41) is 2.94. The highest BCUT2D eigenvalue weighted by Gasteiger charge is 2.20. The van der Waals surface area contributed by atoms with E-state index in [1.165, 1.54) is 19.3 Å². The van der Waals surface area contributed by atoms with Crippen molar-refractivity contribution in [2.24, 2.45) is 0 Å². The number of nitrogens with one attached hydrogen (secondary N) is 1. The summed E-state index contributed by atoms with van der Waals surface area (Å²) in [6, 6.07) is 0.634. The molecule has 4 heteroatoms. The van der Waals surface area contributed by atoms with Gasteiger partial charge in [0.1, 0.15) is 0 Å². The Labute approximate surface area is 98.3 Å². The molecule has 16 heavy (non-hydrogen) atoms. The smallest absolute Gasteiger partial charge is 0.234 e. The minimum Gasteiger partial charge on any atom is -0.383 e. The largest absolute Gasteiger partial charge is 0.383 e. The van der Waals surface area contributed by atoms with Gasteiger partial charge in [0.2, 0.25) is 5.91 Å². The van der Waals surface area contributed by atoms with Crippen molar-refractivity contribution < 1.29 is 9.53 Å². The maximum Gasteiger partial charge on any atom is 0.234 e. The molecule has 2 atom stereocenters. The van der Waals surface area contributed by atoms with Crippen molar-refractivity contribution in [3.63, 3.8) is 0 Å². The molecule has 1 rings (SSSR count). The van der Waals surface area contributed by atoms with E-state index in [1.807, 2.05) is 6.92 Å². The molecule has 0 aromatic rings. The normalized spacial score (nSPS) is 24.1. The summed E-state index contributed by atoms with van der Waals surface area (Å²) < 4.78 is 4.99. The Morgan fingerprint density at radius 1 is 1.56 bits per heavy atom. The number of piperidine rings is 1. The first-order valence-electron chi connectivity index (χ1n) is 6.16. The van der Waals surface area contributed by atoms with Gasteiger partial charge >= 0.3 is 0 Å². The van der Waals surface area contributed by atoms with Crippen molar-refractivity contribution in [1.29, 1.82) is 0 Å². The monoisotopic (exact) mass is 228 g/mol. The lowest BCUT2D eigenvalue weighted by Crippen LogP contribution is -2.46. The van der Waals surface area contributed by atoms with Crippen LogP contribution < -0.4 is 5.32 Å². The molecule has 1 saturated heterocycles. The molecule has 0 bridgehead atoms. The molecule has 1 N–H and O–H groups in total. The lowest BCUT2D eigenvalue weighted by Gasteiger charge is -2.32. The van der Waals surface area contributed by atoms with Crippen LogP contribution in [-0.4, -0.2) is 49.7 Å². The van der Waals surface area contributed by atoms with Crippen LogP contribution >= 0.6 is 0 Å². The predicted octanol–water partition coefficient (Wildman–Crippen LogP) is 1.01. The number of nitrogens with zero attached hydrogens (tertiary/aromatic N) is 1. The minimum atomic E-state index is 0.0950. The lowest BCUT2D eigenvalue weighted by molar-refractivity contribution is -0.124. The van der Waals surface area contributed by atoms with Crippen LogP contribution in [0.5, 0.6) is 0 Å². The molecule has 1 heterocycles. The van der Waals surface area contributed by atoms with E-state index in [-0.39, 0.29) is 11.9 Å². The fourth-order valence-corrected chi connectivity index (χ4v) is 2.19. The van der Waals surface area contributed by atoms with Crippen LogP contribution in [0.2, 0.25) is 0 Å². The van der Waals surface area contributed by atoms with Crippen LogP contribution in [0.3, 0.4) is 0 Å². The lowest BCUT2D eigenvalue weighted by atomic mass is 10.0. The maximum absolute atomic E-state index is 11.7. The number of hydrogen-bond donors (Lipinski definition) is 1. The Morgan fingerprint density at radius 2 is 2.31 bits per heavy atom. The van der Waals surface area contributed by atoms with Crippen molar-refractivity contribution in [2.75, 3.05) is 26.8 Å². The van der Waals surface area contributed by atoms with Crippen LogP contribution in [0, 0.1) is 0 Å². The molecule has 0 aromatic carbocycles. The van der Waals surface area contributed by atoms with Crippen molar-refractivity contribution in [1.82, 2.24) is 10.2 Å². The SMILES string of the molecule is COC[C@@H](C)NC(=O)CN1CCCC[C@@H]1C. The molecule has 0 aliphatic carbocycles. The van der Waals surface area contributed by atoms with E-state index in [4.69, 9.17) is 4.74 Å². The Hall–Kier alpha value is -0.610. The van der Waals surface area contributed by atoms with Crippen molar-refractivity contribution in [3.8, 4) is 0 Å². The summed E-state index contributed by atoms with van der Waals surface area (Å²) in [5.74, 6) is 0.110. The Bertz CT molecular complexity index is 221. The first kappa shape index (κ1) is 13.5. The third-order valence-corrected chi connectivity index (χ3v) is 3.11. The highest BCUT2D eigenvalue weighted by atomic mass is 16.5. The molecule has 0 saturated carbocycles. The second-order valence-electron chi connectivity index (χ2n) is 4.74. The van der Waals surface area contributed by atoms with E-state index in [1.54, 1.807) is 7.11 Å². The van der Waals surface area contributed by atoms with Crippen molar-refractivity contribution >= 4 is 5.91 Å². The summed E-state index contributed by atoms with van der Waals surface area (Å²) in [6.45, 7) is 6.30. The fraction of sp³-hybridized carbons (Fsp3) is 0.917. The highest BCUT2D eigenvalue weighted by molar-refractivity contribution is 5.78. The highest BCUT2D eigenvalue weighted by Crippen LogP contribution is 2.15. The summed E-state index contributed by atoms with van der Waals surface area (Å²) in [5.41, 5.74) is 0. The second-order valence-corrected chi connectivity index (χ2v) is 4.74. The van der Waals surface area contributed by atoms with E-state index in [0.29, 0.717) is 19.2 Å². The zero-order valence-corrected chi connectivity index (χ0v) is 10.7. The quantitative estimate of drug-likeness (QED) is 0.763. The van der Waals surface area contributed by atoms with E-state index in [0.717, 1.165) is 6.54 Å². The van der Waals surface area contributed by atoms with E-state index in [2.05, 4.69) is 17.1 Å². The number of amides is 1. The van der Waals surface area contributed by atoms with Gasteiger partial charge < -0.3 is 10.1 Å². The summed E-state index contributed by atoms with van der Waals surface area (Å²) in [7, 11) is 1.65. The molecule has 1 fully saturated rings. The number of likely N-dealkylation sites (tertiary alicyclic amines) is 1. The average molecular weight is 228 g/mol. The molecular formula is C12H24N2O2. The van der Waals surface area contributed by atoms with E-state index >= 15 is 0 Å². The summed E-state index contributed by atoms with van der Waals surface area (Å²) in [6.07, 6.45) is 3.71. The van der Waals surface area contributed by atoms with Gasteiger partial charge in [0, 0.05) is 19.2 Å². The molecule has 1 aliphatic rings. The van der Waals surface area contributed by atoms with Gasteiger partial charge in [0.15, 0.2) is 0 Å². The molecular weight excluding hydrogens is 204 g/mol. The first-order chi connectivity index (χ1) is 7.63. The van der Waals surface area contributed by atoms with Crippen molar-refractivity contribution in [3.05, 3.63) is 0 Å². The van der Waals surface area contributed by atoms with Gasteiger partial charge in [-0.1, -0.05) is 6.42 Å². The molecule has 1 aliphatic heterocycles. The van der Waals surface area contributed by atoms with Gasteiger partial charge in [-0.15, -0.1) is 0 Å². The zero-order valence-electron chi connectivity index (χ0n) is 10.7. The van der Waals surface area contributed by atoms with Gasteiger partial charge in [0.25, 0.3) is 0 Å². The zero-order chi connectivity index (χ0) is 12.0. The van der Waals surface area contributed by atoms with Crippen LogP contribution in [0.15, 0.2) is 0 Å². The standard InChI is InChI=1S/C12H24N2O2/c1-10(9-16-3)13-12(15)8-14-7-5-4-6-11(14)2/h10-11H,4-9H2,1-3H3,(H,13,15)/t10-,11+/m1/s1. The van der Waals surface area contributed by atoms with Crippen LogP contribution in [-0.2, 0) is 9.53 Å². The minimum absolute atomic E-state index is 0.0950. The molecule has 1 amide bonds. The molecule has 0 aromatic heterocycles. The van der Waals surface area contributed by atoms with Crippen LogP contribution in [0.4, 0.5) is 0 Å². The molecule has 4 nitrogen and oxygen atoms in total. The number of carbonyl (C=O) groups is 1. The molecule has 94 valence electrons. The number of methoxy groups -OCH3 is 1. The predicted molar refractivity (Wildman–Crippen MR) is 64.4 cm³/mol. The van der Waals surface area contributed by atoms with Gasteiger partial charge in [-0.2, -0.15) is 0 Å². The molecule has 0 radical (unpaired) electrons. The van der Waals surface area contributed by atoms with Crippen molar-refractivity contribution in [2.45, 2.75) is 45.2 Å². The average Bonchev–Trinajstić information content (AvgIpc) is 2.21. The van der Waals surface area contributed by atoms with Gasteiger partial charge in [-0.3, -0.25) is 9.69 Å². The van der Waals surface area contributed by atoms with Gasteiger partial charge in [0.05, 0.1) is 13.2 Å². The Morgan fingerprint density at radius 3 is 2.94 bits per heavy atom. The summed E-state index contributed by atoms with van der Waals surface area (Å²) in [4.78, 5) is 14.0. The topological polar surface area (TPSA) is 41.6 Å². The fourth-order valence-electron chi connectivity index (χ4n) is 2.19. The molecule has 0 unspecified atom stereocenters.